The highest BCUT2D eigenvalue weighted by Gasteiger charge is 2.04. The molecule has 0 radical (unpaired) electrons. The van der Waals surface area contributed by atoms with Crippen molar-refractivity contribution in [1.82, 2.24) is 0 Å². The van der Waals surface area contributed by atoms with Crippen molar-refractivity contribution in [3.63, 3.8) is 0 Å². The van der Waals surface area contributed by atoms with Gasteiger partial charge in [-0.15, -0.1) is 0 Å². The maximum absolute atomic E-state index is 10.9. The molecule has 0 heterocycles. The molecule has 2 atom stereocenters. The maximum atomic E-state index is 10.9. The zero-order valence-corrected chi connectivity index (χ0v) is 12.4. The van der Waals surface area contributed by atoms with E-state index in [4.69, 9.17) is 9.29 Å². The summed E-state index contributed by atoms with van der Waals surface area (Å²) in [6.07, 6.45) is 1.11. The first-order valence-corrected chi connectivity index (χ1v) is 7.69. The van der Waals surface area contributed by atoms with Gasteiger partial charge in [-0.25, -0.2) is 4.21 Å². The van der Waals surface area contributed by atoms with Crippen molar-refractivity contribution in [3.8, 4) is 11.5 Å². The summed E-state index contributed by atoms with van der Waals surface area (Å²) in [7, 11) is 0. The highest BCUT2D eigenvalue weighted by molar-refractivity contribution is 7.79. The lowest BCUT2D eigenvalue weighted by Crippen LogP contribution is -1.92. The monoisotopic (exact) mass is 290 g/mol. The van der Waals surface area contributed by atoms with Crippen LogP contribution in [0.3, 0.4) is 0 Å². The molecule has 0 aliphatic rings. The van der Waals surface area contributed by atoms with E-state index >= 15 is 0 Å². The lowest BCUT2D eigenvalue weighted by atomic mass is 9.99. The normalized spacial score (nSPS) is 13.8. The molecule has 106 valence electrons. The summed E-state index contributed by atoms with van der Waals surface area (Å²) in [4.78, 5) is 0.365. The summed E-state index contributed by atoms with van der Waals surface area (Å²) in [5.74, 6) is 1.95. The van der Waals surface area contributed by atoms with Gasteiger partial charge in [0.2, 0.25) is 0 Å². The largest absolute Gasteiger partial charge is 0.457 e. The molecule has 2 aromatic carbocycles. The van der Waals surface area contributed by atoms with E-state index in [9.17, 15) is 4.21 Å². The first-order chi connectivity index (χ1) is 9.60. The van der Waals surface area contributed by atoms with Crippen LogP contribution in [0.2, 0.25) is 0 Å². The van der Waals surface area contributed by atoms with Crippen molar-refractivity contribution < 1.29 is 13.5 Å². The summed E-state index contributed by atoms with van der Waals surface area (Å²) in [5, 5.41) is 0. The summed E-state index contributed by atoms with van der Waals surface area (Å²) in [6.45, 7) is 4.37. The van der Waals surface area contributed by atoms with Gasteiger partial charge >= 0.3 is 0 Å². The second-order valence-corrected chi connectivity index (χ2v) is 5.67. The Hall–Kier alpha value is -1.65. The molecule has 2 rings (SSSR count). The third-order valence-corrected chi connectivity index (χ3v) is 4.00. The molecule has 0 fully saturated rings. The molecule has 20 heavy (non-hydrogen) atoms. The third kappa shape index (κ3) is 3.68. The Morgan fingerprint density at radius 2 is 1.55 bits per heavy atom. The van der Waals surface area contributed by atoms with E-state index in [1.165, 1.54) is 5.56 Å². The second kappa shape index (κ2) is 6.68. The van der Waals surface area contributed by atoms with Crippen LogP contribution in [0.15, 0.2) is 53.4 Å². The fourth-order valence-corrected chi connectivity index (χ4v) is 2.23. The predicted octanol–water partition coefficient (Wildman–Crippen LogP) is 4.57. The standard InChI is InChI=1S/C16H18O3S/c1-3-12(2)13-4-6-14(7-5-13)19-15-8-10-16(11-9-15)20(17)18/h4-12H,3H2,1-2H3,(H,17,18). The van der Waals surface area contributed by atoms with Crippen molar-refractivity contribution in [2.75, 3.05) is 0 Å². The van der Waals surface area contributed by atoms with Gasteiger partial charge in [-0.2, -0.15) is 0 Å². The number of ether oxygens (including phenoxy) is 1. The van der Waals surface area contributed by atoms with Crippen molar-refractivity contribution in [1.29, 1.82) is 0 Å². The zero-order valence-electron chi connectivity index (χ0n) is 11.6. The maximum Gasteiger partial charge on any atom is 0.186 e. The minimum atomic E-state index is -1.95. The van der Waals surface area contributed by atoms with Crippen LogP contribution in [0.1, 0.15) is 31.7 Å². The molecule has 0 spiro atoms. The molecule has 0 amide bonds. The molecule has 0 aliphatic carbocycles. The fourth-order valence-electron chi connectivity index (χ4n) is 1.86. The van der Waals surface area contributed by atoms with Gasteiger partial charge in [0.05, 0.1) is 4.90 Å². The molecule has 3 nitrogen and oxygen atoms in total. The molecule has 0 saturated heterocycles. The first-order valence-electron chi connectivity index (χ1n) is 6.59. The number of benzene rings is 2. The lowest BCUT2D eigenvalue weighted by molar-refractivity contribution is 0.481. The second-order valence-electron chi connectivity index (χ2n) is 4.70. The van der Waals surface area contributed by atoms with Crippen molar-refractivity contribution in [2.24, 2.45) is 0 Å². The van der Waals surface area contributed by atoms with Crippen molar-refractivity contribution >= 4 is 11.1 Å². The minimum absolute atomic E-state index is 0.365. The van der Waals surface area contributed by atoms with Crippen molar-refractivity contribution in [2.45, 2.75) is 31.1 Å². The van der Waals surface area contributed by atoms with Crippen LogP contribution in [-0.2, 0) is 11.1 Å². The van der Waals surface area contributed by atoms with E-state index in [0.717, 1.165) is 12.2 Å². The van der Waals surface area contributed by atoms with Crippen LogP contribution in [0, 0.1) is 0 Å². The zero-order chi connectivity index (χ0) is 14.5. The number of hydrogen-bond donors (Lipinski definition) is 1. The average Bonchev–Trinajstić information content (AvgIpc) is 2.48. The van der Waals surface area contributed by atoms with E-state index in [-0.39, 0.29) is 0 Å². The molecule has 1 N–H and O–H groups in total. The van der Waals surface area contributed by atoms with E-state index in [0.29, 0.717) is 16.6 Å². The predicted molar refractivity (Wildman–Crippen MR) is 80.7 cm³/mol. The summed E-state index contributed by atoms with van der Waals surface area (Å²) in [6, 6.07) is 14.6. The van der Waals surface area contributed by atoms with Crippen molar-refractivity contribution in [3.05, 3.63) is 54.1 Å². The van der Waals surface area contributed by atoms with E-state index in [2.05, 4.69) is 26.0 Å². The van der Waals surface area contributed by atoms with Gasteiger partial charge in [-0.3, -0.25) is 0 Å². The quantitative estimate of drug-likeness (QED) is 0.820. The first kappa shape index (κ1) is 14.8. The summed E-state index contributed by atoms with van der Waals surface area (Å²) in [5.41, 5.74) is 1.30. The van der Waals surface area contributed by atoms with Crippen LogP contribution in [0.4, 0.5) is 0 Å². The molecule has 2 unspecified atom stereocenters. The Balaban J connectivity index is 2.08. The smallest absolute Gasteiger partial charge is 0.186 e. The van der Waals surface area contributed by atoms with Crippen LogP contribution in [0.5, 0.6) is 11.5 Å². The molecular weight excluding hydrogens is 272 g/mol. The molecule has 0 aromatic heterocycles. The van der Waals surface area contributed by atoms with Gasteiger partial charge in [0.15, 0.2) is 11.1 Å². The van der Waals surface area contributed by atoms with E-state index < -0.39 is 11.1 Å². The Morgan fingerprint density at radius 1 is 1.05 bits per heavy atom. The van der Waals surface area contributed by atoms with Gasteiger partial charge < -0.3 is 9.29 Å². The van der Waals surface area contributed by atoms with E-state index in [1.54, 1.807) is 24.3 Å². The van der Waals surface area contributed by atoms with Crippen LogP contribution >= 0.6 is 0 Å². The Morgan fingerprint density at radius 3 is 2.00 bits per heavy atom. The Labute approximate surface area is 121 Å². The van der Waals surface area contributed by atoms with Crippen LogP contribution < -0.4 is 4.74 Å². The lowest BCUT2D eigenvalue weighted by Gasteiger charge is -2.10. The number of hydrogen-bond acceptors (Lipinski definition) is 2. The number of rotatable bonds is 5. The highest BCUT2D eigenvalue weighted by Crippen LogP contribution is 2.25. The fraction of sp³-hybridized carbons (Fsp3) is 0.250. The summed E-state index contributed by atoms with van der Waals surface area (Å²) < 4.78 is 25.5. The topological polar surface area (TPSA) is 46.5 Å². The molecule has 0 saturated carbocycles. The highest BCUT2D eigenvalue weighted by atomic mass is 32.2. The molecule has 2 aromatic rings. The van der Waals surface area contributed by atoms with Crippen LogP contribution in [0.25, 0.3) is 0 Å². The Kier molecular flexibility index (Phi) is 4.93. The van der Waals surface area contributed by atoms with E-state index in [1.807, 2.05) is 12.1 Å². The average molecular weight is 290 g/mol. The van der Waals surface area contributed by atoms with Gasteiger partial charge in [-0.1, -0.05) is 26.0 Å². The van der Waals surface area contributed by atoms with Gasteiger partial charge in [0, 0.05) is 0 Å². The molecular formula is C16H18O3S. The van der Waals surface area contributed by atoms with Gasteiger partial charge in [0.1, 0.15) is 11.5 Å². The Bertz CT molecular complexity index is 576. The molecule has 4 heteroatoms. The summed E-state index contributed by atoms with van der Waals surface area (Å²) >= 11 is -1.95. The molecule has 0 bridgehead atoms. The van der Waals surface area contributed by atoms with Crippen LogP contribution in [-0.4, -0.2) is 8.76 Å². The SMILES string of the molecule is CCC(C)c1ccc(Oc2ccc(S(=O)O)cc2)cc1. The van der Waals surface area contributed by atoms with Gasteiger partial charge in [0.25, 0.3) is 0 Å². The third-order valence-electron chi connectivity index (χ3n) is 3.32. The molecule has 0 aliphatic heterocycles. The minimum Gasteiger partial charge on any atom is -0.457 e. The van der Waals surface area contributed by atoms with Gasteiger partial charge in [-0.05, 0) is 54.3 Å².